The van der Waals surface area contributed by atoms with Gasteiger partial charge in [0.25, 0.3) is 0 Å². The second-order valence-electron chi connectivity index (χ2n) is 8.84. The number of aromatic nitrogens is 5. The number of fused-ring (bicyclic) bond motifs is 1. The molecule has 0 aromatic carbocycles. The molecule has 10 nitrogen and oxygen atoms in total. The highest BCUT2D eigenvalue weighted by atomic mass is 16.2. The van der Waals surface area contributed by atoms with E-state index in [2.05, 4.69) is 37.1 Å². The Morgan fingerprint density at radius 1 is 1.03 bits per heavy atom. The Bertz CT molecular complexity index is 1540. The lowest BCUT2D eigenvalue weighted by atomic mass is 9.89. The molecule has 0 saturated heterocycles. The van der Waals surface area contributed by atoms with Crippen LogP contribution in [0.25, 0.3) is 33.8 Å². The van der Waals surface area contributed by atoms with Crippen LogP contribution in [0.4, 0.5) is 5.82 Å². The van der Waals surface area contributed by atoms with Crippen LogP contribution in [0, 0.1) is 18.3 Å². The molecule has 184 valence electrons. The number of primary amides is 1. The number of carbonyl (C=O) groups excluding carboxylic acids is 2. The first-order valence-electron chi connectivity index (χ1n) is 11.4. The zero-order valence-corrected chi connectivity index (χ0v) is 20.6. The Morgan fingerprint density at radius 3 is 2.51 bits per heavy atom. The molecule has 0 bridgehead atoms. The average Bonchev–Trinajstić information content (AvgIpc) is 3.30. The number of aryl methyl sites for hydroxylation is 1. The fraction of sp³-hybridized carbons (Fsp3) is 0.185. The molecule has 2 amide bonds. The number of nitriles is 1. The summed E-state index contributed by atoms with van der Waals surface area (Å²) in [5.41, 5.74) is 9.96. The van der Waals surface area contributed by atoms with E-state index in [-0.39, 0.29) is 18.7 Å². The van der Waals surface area contributed by atoms with Gasteiger partial charge in [-0.3, -0.25) is 19.6 Å². The Morgan fingerprint density at radius 2 is 1.76 bits per heavy atom. The van der Waals surface area contributed by atoms with Crippen molar-refractivity contribution in [3.8, 4) is 39.8 Å². The zero-order valence-electron chi connectivity index (χ0n) is 20.6. The SMILES string of the molecule is Cc1ncc(-c2ccnc(C(C)(C)C#N)c2)cc1-c1nccc(-c2ccnc3c2CC(=O)N3)n1.NC=O. The third-order valence-corrected chi connectivity index (χ3v) is 5.92. The van der Waals surface area contributed by atoms with Crippen molar-refractivity contribution >= 4 is 18.1 Å². The number of carbonyl (C=O) groups is 2. The van der Waals surface area contributed by atoms with E-state index in [1.165, 1.54) is 0 Å². The summed E-state index contributed by atoms with van der Waals surface area (Å²) in [5, 5.41) is 12.3. The Kier molecular flexibility index (Phi) is 6.97. The molecule has 1 aliphatic heterocycles. The van der Waals surface area contributed by atoms with E-state index < -0.39 is 5.41 Å². The highest BCUT2D eigenvalue weighted by Gasteiger charge is 2.24. The number of nitrogens with one attached hydrogen (secondary N) is 1. The van der Waals surface area contributed by atoms with Crippen LogP contribution in [0.2, 0.25) is 0 Å². The summed E-state index contributed by atoms with van der Waals surface area (Å²) in [6.07, 6.45) is 7.41. The van der Waals surface area contributed by atoms with Gasteiger partial charge in [-0.15, -0.1) is 0 Å². The van der Waals surface area contributed by atoms with E-state index in [1.807, 2.05) is 51.1 Å². The molecule has 0 radical (unpaired) electrons. The summed E-state index contributed by atoms with van der Waals surface area (Å²) >= 11 is 0. The highest BCUT2D eigenvalue weighted by Crippen LogP contribution is 2.33. The molecule has 1 aliphatic rings. The van der Waals surface area contributed by atoms with E-state index in [0.29, 0.717) is 23.0 Å². The number of amides is 2. The lowest BCUT2D eigenvalue weighted by Crippen LogP contribution is -2.15. The van der Waals surface area contributed by atoms with Gasteiger partial charge in [-0.2, -0.15) is 5.26 Å². The van der Waals surface area contributed by atoms with Gasteiger partial charge >= 0.3 is 0 Å². The van der Waals surface area contributed by atoms with Crippen molar-refractivity contribution in [3.63, 3.8) is 0 Å². The summed E-state index contributed by atoms with van der Waals surface area (Å²) in [6.45, 7) is 5.60. The molecule has 0 saturated carbocycles. The first-order chi connectivity index (χ1) is 17.8. The van der Waals surface area contributed by atoms with Crippen molar-refractivity contribution in [3.05, 3.63) is 72.1 Å². The van der Waals surface area contributed by atoms with E-state index >= 15 is 0 Å². The molecule has 0 aliphatic carbocycles. The van der Waals surface area contributed by atoms with Crippen molar-refractivity contribution in [1.82, 2.24) is 24.9 Å². The number of nitrogens with zero attached hydrogens (tertiary/aromatic N) is 6. The third kappa shape index (κ3) is 5.16. The van der Waals surface area contributed by atoms with Gasteiger partial charge in [0.2, 0.25) is 12.3 Å². The van der Waals surface area contributed by atoms with Gasteiger partial charge in [-0.05, 0) is 56.7 Å². The molecule has 10 heteroatoms. The summed E-state index contributed by atoms with van der Waals surface area (Å²) in [7, 11) is 0. The molecule has 37 heavy (non-hydrogen) atoms. The average molecular weight is 493 g/mol. The minimum atomic E-state index is -0.699. The molecular weight excluding hydrogens is 468 g/mol. The minimum Gasteiger partial charge on any atom is -0.372 e. The molecule has 0 spiro atoms. The summed E-state index contributed by atoms with van der Waals surface area (Å²) in [5.74, 6) is 1.04. The van der Waals surface area contributed by atoms with Crippen LogP contribution in [0.15, 0.2) is 55.1 Å². The lowest BCUT2D eigenvalue weighted by Gasteiger charge is -2.15. The van der Waals surface area contributed by atoms with Gasteiger partial charge < -0.3 is 11.1 Å². The highest BCUT2D eigenvalue weighted by molar-refractivity contribution is 6.00. The van der Waals surface area contributed by atoms with Crippen molar-refractivity contribution in [2.45, 2.75) is 32.6 Å². The van der Waals surface area contributed by atoms with Crippen molar-refractivity contribution in [2.75, 3.05) is 5.32 Å². The molecule has 5 heterocycles. The monoisotopic (exact) mass is 492 g/mol. The predicted molar refractivity (Wildman–Crippen MR) is 138 cm³/mol. The lowest BCUT2D eigenvalue weighted by molar-refractivity contribution is -0.115. The molecule has 0 fully saturated rings. The molecular formula is C27H24N8O2. The van der Waals surface area contributed by atoms with Gasteiger partial charge in [-0.1, -0.05) is 0 Å². The van der Waals surface area contributed by atoms with Crippen molar-refractivity contribution in [2.24, 2.45) is 5.73 Å². The first-order valence-corrected chi connectivity index (χ1v) is 11.4. The fourth-order valence-corrected chi connectivity index (χ4v) is 3.92. The Labute approximate surface area is 213 Å². The maximum absolute atomic E-state index is 11.9. The topological polar surface area (TPSA) is 160 Å². The van der Waals surface area contributed by atoms with Gasteiger partial charge in [-0.25, -0.2) is 15.0 Å². The van der Waals surface area contributed by atoms with Crippen LogP contribution in [0.5, 0.6) is 0 Å². The fourth-order valence-electron chi connectivity index (χ4n) is 3.92. The predicted octanol–water partition coefficient (Wildman–Crippen LogP) is 3.37. The Hall–Kier alpha value is -5.04. The smallest absolute Gasteiger partial charge is 0.230 e. The third-order valence-electron chi connectivity index (χ3n) is 5.92. The van der Waals surface area contributed by atoms with Crippen LogP contribution in [0.1, 0.15) is 30.8 Å². The van der Waals surface area contributed by atoms with E-state index in [1.54, 1.807) is 24.8 Å². The largest absolute Gasteiger partial charge is 0.372 e. The van der Waals surface area contributed by atoms with Gasteiger partial charge in [0.1, 0.15) is 5.82 Å². The van der Waals surface area contributed by atoms with E-state index in [9.17, 15) is 10.1 Å². The number of nitrogens with two attached hydrogens (primary N) is 1. The molecule has 3 N–H and O–H groups in total. The van der Waals surface area contributed by atoms with E-state index in [0.717, 1.165) is 33.5 Å². The number of pyridine rings is 3. The summed E-state index contributed by atoms with van der Waals surface area (Å²) in [6, 6.07) is 11.8. The second-order valence-corrected chi connectivity index (χ2v) is 8.84. The standard InChI is InChI=1S/C26H21N7O.CH3NO/c1-15-19(10-17(13-31-15)16-4-7-28-22(11-16)26(2,3)14-27)24-30-9-6-21(32-24)18-5-8-29-25-20(18)12-23(34)33-25;2-1-3/h4-11,13H,12H2,1-3H3,(H,29,33,34);1H,(H2,2,3). The van der Waals surface area contributed by atoms with Crippen LogP contribution >= 0.6 is 0 Å². The molecule has 0 unspecified atom stereocenters. The van der Waals surface area contributed by atoms with Gasteiger partial charge in [0, 0.05) is 52.7 Å². The number of anilines is 1. The van der Waals surface area contributed by atoms with Crippen LogP contribution in [-0.4, -0.2) is 37.2 Å². The second kappa shape index (κ2) is 10.3. The minimum absolute atomic E-state index is 0.0757. The number of hydrogen-bond donors (Lipinski definition) is 2. The summed E-state index contributed by atoms with van der Waals surface area (Å²) < 4.78 is 0. The Balaban J connectivity index is 0.00000102. The normalized spacial score (nSPS) is 12.0. The molecule has 4 aromatic rings. The molecule has 5 rings (SSSR count). The van der Waals surface area contributed by atoms with Gasteiger partial charge in [0.05, 0.1) is 29.3 Å². The van der Waals surface area contributed by atoms with Crippen LogP contribution in [0.3, 0.4) is 0 Å². The maximum atomic E-state index is 11.9. The maximum Gasteiger partial charge on any atom is 0.230 e. The molecule has 4 aromatic heterocycles. The quantitative estimate of drug-likeness (QED) is 0.410. The van der Waals surface area contributed by atoms with E-state index in [4.69, 9.17) is 9.78 Å². The molecule has 0 atom stereocenters. The van der Waals surface area contributed by atoms with Crippen molar-refractivity contribution < 1.29 is 9.59 Å². The number of hydrogen-bond acceptors (Lipinski definition) is 8. The van der Waals surface area contributed by atoms with Crippen molar-refractivity contribution in [1.29, 1.82) is 5.26 Å². The zero-order chi connectivity index (χ0) is 26.6. The first kappa shape index (κ1) is 25.1. The van der Waals surface area contributed by atoms with Crippen LogP contribution < -0.4 is 11.1 Å². The van der Waals surface area contributed by atoms with Gasteiger partial charge in [0.15, 0.2) is 5.82 Å². The summed E-state index contributed by atoms with van der Waals surface area (Å²) in [4.78, 5) is 43.0. The number of rotatable bonds is 4. The van der Waals surface area contributed by atoms with Crippen LogP contribution in [-0.2, 0) is 21.4 Å².